The van der Waals surface area contributed by atoms with Crippen molar-refractivity contribution in [2.45, 2.75) is 19.8 Å². The number of unbranched alkanes of at least 4 members (excludes halogenated alkanes) is 1. The van der Waals surface area contributed by atoms with Crippen molar-refractivity contribution in [3.63, 3.8) is 0 Å². The van der Waals surface area contributed by atoms with Crippen LogP contribution in [0, 0.1) is 11.3 Å². The van der Waals surface area contributed by atoms with E-state index >= 15 is 0 Å². The van der Waals surface area contributed by atoms with E-state index in [2.05, 4.69) is 24.5 Å². The topological polar surface area (TPSA) is 27.0 Å². The van der Waals surface area contributed by atoms with Crippen LogP contribution >= 0.6 is 0 Å². The van der Waals surface area contributed by atoms with Crippen LogP contribution in [0.3, 0.4) is 0 Å². The molecule has 0 saturated heterocycles. The number of rotatable bonds is 6. The Balaban J connectivity index is 3.36. The molecule has 2 heteroatoms. The lowest BCUT2D eigenvalue weighted by molar-refractivity contribution is 0.319. The van der Waals surface area contributed by atoms with Gasteiger partial charge in [-0.1, -0.05) is 13.0 Å². The highest BCUT2D eigenvalue weighted by Crippen LogP contribution is 1.94. The molecule has 0 atom stereocenters. The maximum Gasteiger partial charge on any atom is 0.0865 e. The van der Waals surface area contributed by atoms with E-state index in [0.717, 1.165) is 25.9 Å². The average molecular weight is 152 g/mol. The third-order valence-corrected chi connectivity index (χ3v) is 1.62. The number of nitrogens with zero attached hydrogens (tertiary/aromatic N) is 2. The molecule has 0 spiro atoms. The minimum Gasteiger partial charge on any atom is -0.291 e. The Kier molecular flexibility index (Phi) is 6.76. The fraction of sp³-hybridized carbons (Fsp3) is 0.667. The minimum atomic E-state index is 0.549. The summed E-state index contributed by atoms with van der Waals surface area (Å²) < 4.78 is 0. The molecule has 0 bridgehead atoms. The second-order valence-electron chi connectivity index (χ2n) is 2.46. The van der Waals surface area contributed by atoms with Crippen molar-refractivity contribution in [2.75, 3.05) is 19.6 Å². The molecule has 0 saturated carbocycles. The third-order valence-electron chi connectivity index (χ3n) is 1.62. The van der Waals surface area contributed by atoms with Crippen molar-refractivity contribution >= 4 is 0 Å². The zero-order valence-corrected chi connectivity index (χ0v) is 7.21. The molecular weight excluding hydrogens is 136 g/mol. The fourth-order valence-electron chi connectivity index (χ4n) is 0.908. The van der Waals surface area contributed by atoms with Gasteiger partial charge in [0.2, 0.25) is 0 Å². The predicted molar refractivity (Wildman–Crippen MR) is 47.2 cm³/mol. The van der Waals surface area contributed by atoms with Crippen LogP contribution in [0.15, 0.2) is 12.7 Å². The summed E-state index contributed by atoms with van der Waals surface area (Å²) in [6.45, 7) is 8.24. The van der Waals surface area contributed by atoms with Gasteiger partial charge in [-0.05, 0) is 25.9 Å². The molecule has 0 aliphatic carbocycles. The summed E-state index contributed by atoms with van der Waals surface area (Å²) in [6, 6.07) is 2.15. The first-order chi connectivity index (χ1) is 5.35. The lowest BCUT2D eigenvalue weighted by Crippen LogP contribution is -2.24. The van der Waals surface area contributed by atoms with Crippen molar-refractivity contribution in [3.8, 4) is 6.07 Å². The van der Waals surface area contributed by atoms with Crippen LogP contribution in [0.4, 0.5) is 0 Å². The molecule has 0 rings (SSSR count). The highest BCUT2D eigenvalue weighted by molar-refractivity contribution is 4.76. The van der Waals surface area contributed by atoms with Crippen LogP contribution in [0.25, 0.3) is 0 Å². The van der Waals surface area contributed by atoms with Gasteiger partial charge in [0.15, 0.2) is 0 Å². The highest BCUT2D eigenvalue weighted by Gasteiger charge is 1.98. The van der Waals surface area contributed by atoms with Gasteiger partial charge in [0.25, 0.3) is 0 Å². The molecule has 0 unspecified atom stereocenters. The van der Waals surface area contributed by atoms with Crippen LogP contribution in [-0.4, -0.2) is 24.5 Å². The molecule has 0 aliphatic heterocycles. The normalized spacial score (nSPS) is 9.55. The average Bonchev–Trinajstić information content (AvgIpc) is 2.03. The quantitative estimate of drug-likeness (QED) is 0.329. The summed E-state index contributed by atoms with van der Waals surface area (Å²) in [7, 11) is 0. The Hall–Kier alpha value is -0.810. The lowest BCUT2D eigenvalue weighted by Gasteiger charge is -2.15. The second-order valence-corrected chi connectivity index (χ2v) is 2.46. The molecular formula is C9H16N2. The third kappa shape index (κ3) is 5.63. The van der Waals surface area contributed by atoms with Crippen LogP contribution < -0.4 is 0 Å². The van der Waals surface area contributed by atoms with E-state index in [1.54, 1.807) is 0 Å². The fourth-order valence-corrected chi connectivity index (χ4v) is 0.908. The van der Waals surface area contributed by atoms with Crippen LogP contribution in [0.5, 0.6) is 0 Å². The zero-order valence-electron chi connectivity index (χ0n) is 7.21. The van der Waals surface area contributed by atoms with Gasteiger partial charge in [-0.3, -0.25) is 4.90 Å². The largest absolute Gasteiger partial charge is 0.291 e. The molecule has 0 aromatic carbocycles. The lowest BCUT2D eigenvalue weighted by atomic mass is 10.3. The molecule has 0 fully saturated rings. The molecule has 0 aliphatic rings. The first kappa shape index (κ1) is 10.2. The first-order valence-electron chi connectivity index (χ1n) is 4.05. The minimum absolute atomic E-state index is 0.549. The van der Waals surface area contributed by atoms with Gasteiger partial charge in [0.05, 0.1) is 12.6 Å². The Bertz CT molecular complexity index is 135. The highest BCUT2D eigenvalue weighted by atomic mass is 15.1. The van der Waals surface area contributed by atoms with E-state index in [0.29, 0.717) is 6.54 Å². The standard InChI is InChI=1S/C9H16N2/c1-3-5-6-8-11(4-2)9-7-10/h3H,1,4-6,8-9H2,2H3. The Labute approximate surface area is 69.1 Å². The maximum atomic E-state index is 8.41. The van der Waals surface area contributed by atoms with E-state index < -0.39 is 0 Å². The van der Waals surface area contributed by atoms with Gasteiger partial charge in [-0.15, -0.1) is 6.58 Å². The molecule has 0 aromatic rings. The second kappa shape index (κ2) is 7.30. The van der Waals surface area contributed by atoms with E-state index in [9.17, 15) is 0 Å². The molecule has 0 amide bonds. The van der Waals surface area contributed by atoms with E-state index in [4.69, 9.17) is 5.26 Å². The molecule has 2 nitrogen and oxygen atoms in total. The Morgan fingerprint density at radius 2 is 2.36 bits per heavy atom. The first-order valence-corrected chi connectivity index (χ1v) is 4.05. The van der Waals surface area contributed by atoms with Gasteiger partial charge >= 0.3 is 0 Å². The zero-order chi connectivity index (χ0) is 8.53. The summed E-state index contributed by atoms with van der Waals surface area (Å²) in [6.07, 6.45) is 4.07. The van der Waals surface area contributed by atoms with Gasteiger partial charge < -0.3 is 0 Å². The van der Waals surface area contributed by atoms with Crippen molar-refractivity contribution in [1.82, 2.24) is 4.90 Å². The molecule has 11 heavy (non-hydrogen) atoms. The van der Waals surface area contributed by atoms with Crippen LogP contribution in [-0.2, 0) is 0 Å². The molecule has 0 radical (unpaired) electrons. The maximum absolute atomic E-state index is 8.41. The SMILES string of the molecule is C=CCCCN(CC)CC#N. The Morgan fingerprint density at radius 1 is 1.64 bits per heavy atom. The van der Waals surface area contributed by atoms with Gasteiger partial charge in [0, 0.05) is 0 Å². The molecule has 0 aromatic heterocycles. The molecule has 62 valence electrons. The summed E-state index contributed by atoms with van der Waals surface area (Å²) in [4.78, 5) is 2.13. The Morgan fingerprint density at radius 3 is 2.82 bits per heavy atom. The van der Waals surface area contributed by atoms with Gasteiger partial charge in [-0.25, -0.2) is 0 Å². The van der Waals surface area contributed by atoms with Gasteiger partial charge in [0.1, 0.15) is 0 Å². The van der Waals surface area contributed by atoms with Crippen molar-refractivity contribution in [2.24, 2.45) is 0 Å². The summed E-state index contributed by atoms with van der Waals surface area (Å²) in [5.74, 6) is 0. The van der Waals surface area contributed by atoms with Crippen molar-refractivity contribution < 1.29 is 0 Å². The number of hydrogen-bond acceptors (Lipinski definition) is 2. The van der Waals surface area contributed by atoms with E-state index in [1.807, 2.05) is 6.08 Å². The van der Waals surface area contributed by atoms with E-state index in [1.165, 1.54) is 0 Å². The van der Waals surface area contributed by atoms with Crippen molar-refractivity contribution in [3.05, 3.63) is 12.7 Å². The number of hydrogen-bond donors (Lipinski definition) is 0. The molecule has 0 heterocycles. The smallest absolute Gasteiger partial charge is 0.0865 e. The van der Waals surface area contributed by atoms with Crippen molar-refractivity contribution in [1.29, 1.82) is 5.26 Å². The van der Waals surface area contributed by atoms with E-state index in [-0.39, 0.29) is 0 Å². The van der Waals surface area contributed by atoms with Crippen LogP contribution in [0.1, 0.15) is 19.8 Å². The number of nitriles is 1. The summed E-state index contributed by atoms with van der Waals surface area (Å²) in [5.41, 5.74) is 0. The number of allylic oxidation sites excluding steroid dienone is 1. The monoisotopic (exact) mass is 152 g/mol. The summed E-state index contributed by atoms with van der Waals surface area (Å²) >= 11 is 0. The predicted octanol–water partition coefficient (Wildman–Crippen LogP) is 1.80. The van der Waals surface area contributed by atoms with Gasteiger partial charge in [-0.2, -0.15) is 5.26 Å². The summed E-state index contributed by atoms with van der Waals surface area (Å²) in [5, 5.41) is 8.41. The van der Waals surface area contributed by atoms with Crippen LogP contribution in [0.2, 0.25) is 0 Å². The molecule has 0 N–H and O–H groups in total.